The van der Waals surface area contributed by atoms with Crippen molar-refractivity contribution in [3.63, 3.8) is 0 Å². The van der Waals surface area contributed by atoms with Crippen LogP contribution in [-0.2, 0) is 6.54 Å². The van der Waals surface area contributed by atoms with Crippen molar-refractivity contribution in [3.05, 3.63) is 18.7 Å². The minimum absolute atomic E-state index is 0. The molecule has 1 saturated heterocycles. The van der Waals surface area contributed by atoms with Crippen LogP contribution in [0.4, 0.5) is 0 Å². The molecule has 1 N–H and O–H groups in total. The highest BCUT2D eigenvalue weighted by Crippen LogP contribution is 2.09. The second-order valence-corrected chi connectivity index (χ2v) is 4.25. The summed E-state index contributed by atoms with van der Waals surface area (Å²) < 4.78 is 2.10. The maximum atomic E-state index is 9.51. The summed E-state index contributed by atoms with van der Waals surface area (Å²) in [5.41, 5.74) is 0. The average molecular weight is 282 g/mol. The molecule has 0 bridgehead atoms. The lowest BCUT2D eigenvalue weighted by Gasteiger charge is -2.29. The zero-order chi connectivity index (χ0) is 10.5. The van der Waals surface area contributed by atoms with Crippen molar-refractivity contribution in [1.29, 1.82) is 0 Å². The van der Waals surface area contributed by atoms with E-state index in [1.54, 1.807) is 0 Å². The number of β-amino-alcohol motifs (C(OH)–C–C–N with tert-alkyl or cyclic N) is 1. The number of hydrogen-bond donors (Lipinski definition) is 1. The number of aryl methyl sites for hydroxylation is 1. The molecule has 1 aromatic rings. The highest BCUT2D eigenvalue weighted by atomic mass is 35.5. The maximum absolute atomic E-state index is 9.51. The molecule has 0 spiro atoms. The van der Waals surface area contributed by atoms with E-state index in [0.717, 1.165) is 45.4 Å². The van der Waals surface area contributed by atoms with Crippen molar-refractivity contribution in [3.8, 4) is 0 Å². The highest BCUT2D eigenvalue weighted by Gasteiger charge is 2.16. The van der Waals surface area contributed by atoms with Gasteiger partial charge in [-0.2, -0.15) is 0 Å². The fraction of sp³-hybridized carbons (Fsp3) is 0.727. The molecule has 1 aliphatic heterocycles. The third-order valence-electron chi connectivity index (χ3n) is 2.93. The Labute approximate surface area is 115 Å². The number of aliphatic hydroxyl groups excluding tert-OH is 1. The van der Waals surface area contributed by atoms with E-state index in [4.69, 9.17) is 0 Å². The van der Waals surface area contributed by atoms with Crippen molar-refractivity contribution >= 4 is 24.8 Å². The van der Waals surface area contributed by atoms with E-state index in [9.17, 15) is 5.11 Å². The summed E-state index contributed by atoms with van der Waals surface area (Å²) in [7, 11) is 0. The molecule has 2 rings (SSSR count). The Morgan fingerprint density at radius 1 is 1.29 bits per heavy atom. The zero-order valence-corrected chi connectivity index (χ0v) is 11.5. The predicted octanol–water partition coefficient (Wildman–Crippen LogP) is 1.57. The van der Waals surface area contributed by atoms with E-state index in [-0.39, 0.29) is 30.9 Å². The van der Waals surface area contributed by atoms with Gasteiger partial charge in [0.25, 0.3) is 0 Å². The summed E-state index contributed by atoms with van der Waals surface area (Å²) in [6.45, 7) is 4.09. The fourth-order valence-electron chi connectivity index (χ4n) is 2.13. The molecule has 1 fully saturated rings. The van der Waals surface area contributed by atoms with Crippen LogP contribution in [0.15, 0.2) is 18.7 Å². The van der Waals surface area contributed by atoms with Gasteiger partial charge in [0.05, 0.1) is 12.4 Å². The zero-order valence-electron chi connectivity index (χ0n) is 9.86. The predicted molar refractivity (Wildman–Crippen MR) is 73.0 cm³/mol. The number of imidazole rings is 1. The number of hydrogen-bond acceptors (Lipinski definition) is 3. The van der Waals surface area contributed by atoms with Gasteiger partial charge in [-0.05, 0) is 32.4 Å². The Morgan fingerprint density at radius 2 is 2.12 bits per heavy atom. The second-order valence-electron chi connectivity index (χ2n) is 4.25. The van der Waals surface area contributed by atoms with Gasteiger partial charge in [0.15, 0.2) is 0 Å². The molecule has 0 saturated carbocycles. The van der Waals surface area contributed by atoms with Crippen LogP contribution in [0.1, 0.15) is 19.3 Å². The molecule has 1 atom stereocenters. The molecule has 4 nitrogen and oxygen atoms in total. The summed E-state index contributed by atoms with van der Waals surface area (Å²) >= 11 is 0. The molecular formula is C11H21Cl2N3O. The SMILES string of the molecule is Cl.Cl.OC1CCCN(CCCn2ccnc2)C1. The van der Waals surface area contributed by atoms with Crippen LogP contribution in [0.3, 0.4) is 0 Å². The molecule has 1 unspecified atom stereocenters. The van der Waals surface area contributed by atoms with Gasteiger partial charge in [-0.15, -0.1) is 24.8 Å². The van der Waals surface area contributed by atoms with Crippen LogP contribution in [0, 0.1) is 0 Å². The summed E-state index contributed by atoms with van der Waals surface area (Å²) in [6.07, 6.45) is 8.78. The molecule has 100 valence electrons. The van der Waals surface area contributed by atoms with Crippen molar-refractivity contribution in [2.75, 3.05) is 19.6 Å². The molecular weight excluding hydrogens is 261 g/mol. The number of halogens is 2. The van der Waals surface area contributed by atoms with Crippen molar-refractivity contribution in [1.82, 2.24) is 14.5 Å². The van der Waals surface area contributed by atoms with E-state index in [2.05, 4.69) is 14.5 Å². The van der Waals surface area contributed by atoms with Gasteiger partial charge in [0.1, 0.15) is 0 Å². The molecule has 0 radical (unpaired) electrons. The van der Waals surface area contributed by atoms with Gasteiger partial charge >= 0.3 is 0 Å². The van der Waals surface area contributed by atoms with Gasteiger partial charge in [-0.1, -0.05) is 0 Å². The smallest absolute Gasteiger partial charge is 0.0945 e. The van der Waals surface area contributed by atoms with Gasteiger partial charge in [0, 0.05) is 25.5 Å². The third kappa shape index (κ3) is 5.73. The van der Waals surface area contributed by atoms with Gasteiger partial charge < -0.3 is 14.6 Å². The molecule has 0 aromatic carbocycles. The normalized spacial score (nSPS) is 20.4. The molecule has 1 aromatic heterocycles. The average Bonchev–Trinajstić information content (AvgIpc) is 2.71. The van der Waals surface area contributed by atoms with Gasteiger partial charge in [-0.3, -0.25) is 0 Å². The third-order valence-corrected chi connectivity index (χ3v) is 2.93. The Kier molecular flexibility index (Phi) is 8.60. The van der Waals surface area contributed by atoms with E-state index in [0.29, 0.717) is 0 Å². The van der Waals surface area contributed by atoms with Crippen LogP contribution in [0.25, 0.3) is 0 Å². The first-order valence-corrected chi connectivity index (χ1v) is 5.71. The number of rotatable bonds is 4. The van der Waals surface area contributed by atoms with E-state index < -0.39 is 0 Å². The summed E-state index contributed by atoms with van der Waals surface area (Å²) in [5, 5.41) is 9.51. The second kappa shape index (κ2) is 8.75. The van der Waals surface area contributed by atoms with Crippen LogP contribution >= 0.6 is 24.8 Å². The summed E-state index contributed by atoms with van der Waals surface area (Å²) in [6, 6.07) is 0. The van der Waals surface area contributed by atoms with Crippen molar-refractivity contribution in [2.45, 2.75) is 31.9 Å². The number of nitrogens with zero attached hydrogens (tertiary/aromatic N) is 3. The van der Waals surface area contributed by atoms with E-state index in [1.807, 2.05) is 18.7 Å². The first-order valence-electron chi connectivity index (χ1n) is 5.71. The lowest BCUT2D eigenvalue weighted by atomic mass is 10.1. The quantitative estimate of drug-likeness (QED) is 0.911. The highest BCUT2D eigenvalue weighted by molar-refractivity contribution is 5.85. The Bertz CT molecular complexity index is 282. The first kappa shape index (κ1) is 16.7. The minimum Gasteiger partial charge on any atom is -0.392 e. The Morgan fingerprint density at radius 3 is 2.76 bits per heavy atom. The van der Waals surface area contributed by atoms with E-state index >= 15 is 0 Å². The van der Waals surface area contributed by atoms with Gasteiger partial charge in [0.2, 0.25) is 0 Å². The molecule has 0 amide bonds. The number of aromatic nitrogens is 2. The summed E-state index contributed by atoms with van der Waals surface area (Å²) in [4.78, 5) is 6.36. The molecule has 2 heterocycles. The largest absolute Gasteiger partial charge is 0.392 e. The maximum Gasteiger partial charge on any atom is 0.0945 e. The molecule has 17 heavy (non-hydrogen) atoms. The molecule has 6 heteroatoms. The monoisotopic (exact) mass is 281 g/mol. The lowest BCUT2D eigenvalue weighted by molar-refractivity contribution is 0.0695. The van der Waals surface area contributed by atoms with E-state index in [1.165, 1.54) is 0 Å². The minimum atomic E-state index is -0.105. The van der Waals surface area contributed by atoms with Crippen LogP contribution < -0.4 is 0 Å². The number of likely N-dealkylation sites (tertiary alicyclic amines) is 1. The molecule has 0 aliphatic carbocycles. The van der Waals surface area contributed by atoms with Gasteiger partial charge in [-0.25, -0.2) is 4.98 Å². The van der Waals surface area contributed by atoms with Crippen molar-refractivity contribution < 1.29 is 5.11 Å². The Hall–Kier alpha value is -0.290. The lowest BCUT2D eigenvalue weighted by Crippen LogP contribution is -2.38. The van der Waals surface area contributed by atoms with Crippen LogP contribution in [0.2, 0.25) is 0 Å². The Balaban J connectivity index is 0.00000128. The van der Waals surface area contributed by atoms with Crippen molar-refractivity contribution in [2.24, 2.45) is 0 Å². The summed E-state index contributed by atoms with van der Waals surface area (Å²) in [5.74, 6) is 0. The molecule has 1 aliphatic rings. The fourth-order valence-corrected chi connectivity index (χ4v) is 2.13. The van der Waals surface area contributed by atoms with Crippen LogP contribution in [-0.4, -0.2) is 45.3 Å². The topological polar surface area (TPSA) is 41.3 Å². The van der Waals surface area contributed by atoms with Crippen LogP contribution in [0.5, 0.6) is 0 Å². The number of piperidine rings is 1. The first-order chi connectivity index (χ1) is 7.34. The standard InChI is InChI=1S/C11H19N3O.2ClH/c15-11-3-1-5-13(9-11)6-2-7-14-8-4-12-10-14;;/h4,8,10-11,15H,1-3,5-7,9H2;2*1H. The number of aliphatic hydroxyl groups is 1.